The minimum Gasteiger partial charge on any atom is -0.387 e. The second-order valence-corrected chi connectivity index (χ2v) is 6.20. The fraction of sp³-hybridized carbons (Fsp3) is 0.562. The van der Waals surface area contributed by atoms with Gasteiger partial charge in [0.1, 0.15) is 30.9 Å². The molecule has 5 heteroatoms. The van der Waals surface area contributed by atoms with Crippen LogP contribution >= 0.6 is 0 Å². The number of hydrogen-bond acceptors (Lipinski definition) is 4. The zero-order valence-electron chi connectivity index (χ0n) is 11.9. The van der Waals surface area contributed by atoms with Crippen LogP contribution in [0.5, 0.6) is 0 Å². The summed E-state index contributed by atoms with van der Waals surface area (Å²) < 4.78 is 0. The van der Waals surface area contributed by atoms with E-state index in [1.807, 2.05) is 18.2 Å². The molecule has 2 heterocycles. The molecule has 0 aliphatic carbocycles. The number of rotatable bonds is 3. The predicted molar refractivity (Wildman–Crippen MR) is 76.0 cm³/mol. The van der Waals surface area contributed by atoms with Gasteiger partial charge in [0, 0.05) is 12.0 Å². The second-order valence-electron chi connectivity index (χ2n) is 6.20. The molecule has 0 spiro atoms. The largest absolute Gasteiger partial charge is 0.387 e. The van der Waals surface area contributed by atoms with Gasteiger partial charge in [0.05, 0.1) is 12.5 Å². The summed E-state index contributed by atoms with van der Waals surface area (Å²) in [6.07, 6.45) is -0.607. The Morgan fingerprint density at radius 3 is 2.52 bits per heavy atom. The lowest BCUT2D eigenvalue weighted by Gasteiger charge is -2.37. The highest BCUT2D eigenvalue weighted by Gasteiger charge is 2.53. The molecule has 2 aliphatic rings. The average Bonchev–Trinajstić information content (AvgIpc) is 2.80. The third kappa shape index (κ3) is 2.74. The molecule has 21 heavy (non-hydrogen) atoms. The number of carbonyl (C=O) groups excluding carboxylic acids is 1. The third-order valence-electron chi connectivity index (χ3n) is 4.91. The van der Waals surface area contributed by atoms with Crippen molar-refractivity contribution in [1.29, 1.82) is 0 Å². The van der Waals surface area contributed by atoms with Crippen LogP contribution in [0.4, 0.5) is 0 Å². The number of carbonyl (C=O) groups is 1. The van der Waals surface area contributed by atoms with Gasteiger partial charge in [0.25, 0.3) is 0 Å². The highest BCUT2D eigenvalue weighted by molar-refractivity contribution is 5.96. The van der Waals surface area contributed by atoms with Crippen molar-refractivity contribution in [2.75, 3.05) is 6.54 Å². The number of quaternary nitrogens is 1. The summed E-state index contributed by atoms with van der Waals surface area (Å²) in [5.74, 6) is 0.0825. The van der Waals surface area contributed by atoms with Gasteiger partial charge in [-0.2, -0.15) is 0 Å². The first-order valence-corrected chi connectivity index (χ1v) is 7.56. The van der Waals surface area contributed by atoms with Crippen molar-refractivity contribution >= 4 is 5.78 Å². The zero-order valence-corrected chi connectivity index (χ0v) is 11.9. The molecule has 5 nitrogen and oxygen atoms in total. The molecule has 4 N–H and O–H groups in total. The van der Waals surface area contributed by atoms with Gasteiger partial charge >= 0.3 is 0 Å². The lowest BCUT2D eigenvalue weighted by atomic mass is 9.89. The molecular weight excluding hydrogens is 270 g/mol. The summed E-state index contributed by atoms with van der Waals surface area (Å²) >= 11 is 0. The molecule has 0 saturated carbocycles. The summed E-state index contributed by atoms with van der Waals surface area (Å²) in [4.78, 5) is 13.3. The number of aliphatic hydroxyl groups is 3. The normalized spacial score (nSPS) is 39.0. The number of hydrogen-bond donors (Lipinski definition) is 4. The van der Waals surface area contributed by atoms with Crippen molar-refractivity contribution in [1.82, 2.24) is 0 Å². The van der Waals surface area contributed by atoms with E-state index in [-0.39, 0.29) is 17.9 Å². The van der Waals surface area contributed by atoms with Crippen LogP contribution in [0.1, 0.15) is 29.6 Å². The van der Waals surface area contributed by atoms with Crippen molar-refractivity contribution in [3.05, 3.63) is 35.9 Å². The molecule has 2 aliphatic heterocycles. The number of benzene rings is 1. The molecule has 0 amide bonds. The molecule has 0 aromatic heterocycles. The van der Waals surface area contributed by atoms with E-state index in [2.05, 4.69) is 0 Å². The number of piperidine rings is 1. The topological polar surface area (TPSA) is 82.2 Å². The molecule has 3 rings (SSSR count). The summed E-state index contributed by atoms with van der Waals surface area (Å²) in [7, 11) is 0. The highest BCUT2D eigenvalue weighted by Crippen LogP contribution is 2.20. The van der Waals surface area contributed by atoms with E-state index in [1.54, 1.807) is 12.1 Å². The van der Waals surface area contributed by atoms with E-state index >= 15 is 0 Å². The van der Waals surface area contributed by atoms with Crippen LogP contribution in [0, 0.1) is 0 Å². The van der Waals surface area contributed by atoms with Crippen molar-refractivity contribution in [3.8, 4) is 0 Å². The molecule has 6 atom stereocenters. The van der Waals surface area contributed by atoms with Crippen LogP contribution in [0.15, 0.2) is 30.3 Å². The number of aliphatic hydroxyl groups excluding tert-OH is 3. The molecule has 1 aromatic carbocycles. The van der Waals surface area contributed by atoms with E-state index in [1.165, 1.54) is 0 Å². The molecule has 2 saturated heterocycles. The van der Waals surface area contributed by atoms with Crippen LogP contribution in [-0.2, 0) is 0 Å². The maximum absolute atomic E-state index is 12.3. The van der Waals surface area contributed by atoms with Crippen molar-refractivity contribution in [3.63, 3.8) is 0 Å². The van der Waals surface area contributed by atoms with Gasteiger partial charge in [-0.15, -0.1) is 0 Å². The molecule has 0 bridgehead atoms. The number of Topliss-reactive ketones (excluding diaryl/α,β-unsaturated/α-hetero) is 1. The number of nitrogens with one attached hydrogen (secondary N) is 1. The Hall–Kier alpha value is -1.27. The number of ketones is 1. The second kappa shape index (κ2) is 5.85. The Morgan fingerprint density at radius 1 is 1.10 bits per heavy atom. The average molecular weight is 292 g/mol. The molecular formula is C16H22NO4+. The monoisotopic (exact) mass is 292 g/mol. The Bertz CT molecular complexity index is 506. The number of fused-ring (bicyclic) bond motifs is 1. The Labute approximate surface area is 123 Å². The van der Waals surface area contributed by atoms with E-state index in [9.17, 15) is 20.1 Å². The lowest BCUT2D eigenvalue weighted by Crippen LogP contribution is -3.20. The SMILES string of the molecule is O=C(C[C@H]1CC[C@@H](O)[C@@H]2[C@H](O)[C@H](O)C[NH+]12)c1ccccc1. The first-order chi connectivity index (χ1) is 10.1. The smallest absolute Gasteiger partial charge is 0.168 e. The van der Waals surface area contributed by atoms with Crippen LogP contribution in [0.3, 0.4) is 0 Å². The molecule has 0 radical (unpaired) electrons. The van der Waals surface area contributed by atoms with E-state index < -0.39 is 18.3 Å². The third-order valence-corrected chi connectivity index (χ3v) is 4.91. The van der Waals surface area contributed by atoms with Crippen molar-refractivity contribution in [2.24, 2.45) is 0 Å². The van der Waals surface area contributed by atoms with E-state index in [0.717, 1.165) is 11.3 Å². The Morgan fingerprint density at radius 2 is 1.81 bits per heavy atom. The van der Waals surface area contributed by atoms with Crippen LogP contribution in [0.25, 0.3) is 0 Å². The summed E-state index contributed by atoms with van der Waals surface area (Å²) in [6, 6.07) is 8.86. The first kappa shape index (κ1) is 14.7. The predicted octanol–water partition coefficient (Wildman–Crippen LogP) is -1.23. The van der Waals surface area contributed by atoms with Crippen molar-refractivity contribution < 1.29 is 25.0 Å². The van der Waals surface area contributed by atoms with Gasteiger partial charge < -0.3 is 20.2 Å². The summed E-state index contributed by atoms with van der Waals surface area (Å²) in [5.41, 5.74) is 0.694. The van der Waals surface area contributed by atoms with E-state index in [4.69, 9.17) is 0 Å². The van der Waals surface area contributed by atoms with Gasteiger partial charge in [-0.3, -0.25) is 4.79 Å². The quantitative estimate of drug-likeness (QED) is 0.526. The fourth-order valence-corrected chi connectivity index (χ4v) is 3.81. The summed E-state index contributed by atoms with van der Waals surface area (Å²) in [5, 5.41) is 29.9. The summed E-state index contributed by atoms with van der Waals surface area (Å²) in [6.45, 7) is 0.398. The Kier molecular flexibility index (Phi) is 4.08. The lowest BCUT2D eigenvalue weighted by molar-refractivity contribution is -0.948. The van der Waals surface area contributed by atoms with Crippen LogP contribution in [-0.4, -0.2) is 58.0 Å². The van der Waals surface area contributed by atoms with Gasteiger partial charge in [0.2, 0.25) is 0 Å². The zero-order chi connectivity index (χ0) is 15.0. The fourth-order valence-electron chi connectivity index (χ4n) is 3.81. The molecule has 114 valence electrons. The van der Waals surface area contributed by atoms with Gasteiger partial charge in [-0.25, -0.2) is 0 Å². The van der Waals surface area contributed by atoms with Crippen LogP contribution < -0.4 is 4.90 Å². The Balaban J connectivity index is 1.73. The highest BCUT2D eigenvalue weighted by atomic mass is 16.3. The van der Waals surface area contributed by atoms with Gasteiger partial charge in [-0.05, 0) is 6.42 Å². The minimum atomic E-state index is -0.898. The first-order valence-electron chi connectivity index (χ1n) is 7.56. The van der Waals surface area contributed by atoms with E-state index in [0.29, 0.717) is 24.9 Å². The van der Waals surface area contributed by atoms with Gasteiger partial charge in [0.15, 0.2) is 5.78 Å². The van der Waals surface area contributed by atoms with Crippen molar-refractivity contribution in [2.45, 2.75) is 49.7 Å². The maximum Gasteiger partial charge on any atom is 0.168 e. The van der Waals surface area contributed by atoms with Crippen LogP contribution in [0.2, 0.25) is 0 Å². The minimum absolute atomic E-state index is 0.0536. The molecule has 1 unspecified atom stereocenters. The standard InChI is InChI=1S/C16H21NO4/c18-12-7-6-11(17-9-14(20)16(21)15(12)17)8-13(19)10-4-2-1-3-5-10/h1-5,11-12,14-16,18,20-21H,6-9H2/p+1/t11-,12-,14-,15-,16-/m1/s1. The molecule has 1 aromatic rings. The maximum atomic E-state index is 12.3. The van der Waals surface area contributed by atoms with Gasteiger partial charge in [-0.1, -0.05) is 30.3 Å². The molecule has 2 fully saturated rings.